The van der Waals surface area contributed by atoms with Crippen molar-refractivity contribution in [1.29, 1.82) is 5.26 Å². The van der Waals surface area contributed by atoms with Crippen LogP contribution in [0.2, 0.25) is 10.0 Å². The number of hydrogen-bond acceptors (Lipinski definition) is 9. The first kappa shape index (κ1) is 32.4. The van der Waals surface area contributed by atoms with Crippen LogP contribution in [0.4, 0.5) is 5.69 Å². The van der Waals surface area contributed by atoms with Crippen LogP contribution in [0.5, 0.6) is 0 Å². The second-order valence-electron chi connectivity index (χ2n) is 12.7. The van der Waals surface area contributed by atoms with Crippen molar-refractivity contribution in [2.75, 3.05) is 11.5 Å². The zero-order valence-electron chi connectivity index (χ0n) is 26.0. The quantitative estimate of drug-likeness (QED) is 0.300. The fraction of sp³-hybridized carbons (Fsp3) is 0.294. The van der Waals surface area contributed by atoms with Crippen molar-refractivity contribution < 1.29 is 29.0 Å². The second kappa shape index (κ2) is 11.5. The average Bonchev–Trinajstić information content (AvgIpc) is 3.66. The van der Waals surface area contributed by atoms with Gasteiger partial charge >= 0.3 is 5.97 Å². The van der Waals surface area contributed by atoms with Crippen molar-refractivity contribution in [3.05, 3.63) is 106 Å². The lowest BCUT2D eigenvalue weighted by molar-refractivity contribution is -0.261. The smallest absolute Gasteiger partial charge is 0.353 e. The van der Waals surface area contributed by atoms with E-state index in [2.05, 4.69) is 16.4 Å². The van der Waals surface area contributed by atoms with E-state index < -0.39 is 52.7 Å². The minimum Gasteiger partial charge on any atom is -0.477 e. The normalized spacial score (nSPS) is 26.4. The number of rotatable bonds is 9. The number of primary amides is 1. The number of carboxylic acids is 1. The highest BCUT2D eigenvalue weighted by Gasteiger charge is 2.70. The Bertz CT molecular complexity index is 1960. The van der Waals surface area contributed by atoms with E-state index >= 15 is 0 Å². The number of aliphatic carboxylic acids is 1. The van der Waals surface area contributed by atoms with E-state index in [9.17, 15) is 29.5 Å². The summed E-state index contributed by atoms with van der Waals surface area (Å²) in [6.07, 6.45) is 2.71. The Labute approximate surface area is 290 Å². The molecule has 4 heterocycles. The summed E-state index contributed by atoms with van der Waals surface area (Å²) < 4.78 is 5.94. The molecular weight excluding hydrogens is 673 g/mol. The molecule has 0 bridgehead atoms. The van der Waals surface area contributed by atoms with E-state index in [1.807, 2.05) is 6.07 Å². The molecule has 250 valence electrons. The van der Waals surface area contributed by atoms with Crippen molar-refractivity contribution in [2.45, 2.75) is 49.3 Å². The molecule has 4 aliphatic rings. The Morgan fingerprint density at radius 1 is 1.12 bits per heavy atom. The van der Waals surface area contributed by atoms with E-state index in [-0.39, 0.29) is 34.5 Å². The number of carbonyl (C=O) groups is 4. The maximum absolute atomic E-state index is 14.7. The third-order valence-electron chi connectivity index (χ3n) is 9.68. The fourth-order valence-electron chi connectivity index (χ4n) is 7.09. The van der Waals surface area contributed by atoms with Gasteiger partial charge in [-0.15, -0.1) is 0 Å². The third-order valence-corrected chi connectivity index (χ3v) is 10.1. The number of benzene rings is 2. The first-order valence-corrected chi connectivity index (χ1v) is 16.1. The largest absolute Gasteiger partial charge is 0.477 e. The van der Waals surface area contributed by atoms with Crippen LogP contribution in [0.3, 0.4) is 0 Å². The number of hydrogen-bond donors (Lipinski definition) is 3. The summed E-state index contributed by atoms with van der Waals surface area (Å²) in [6, 6.07) is 18.4. The number of anilines is 1. The van der Waals surface area contributed by atoms with Crippen LogP contribution in [0.15, 0.2) is 78.8 Å². The predicted molar refractivity (Wildman–Crippen MR) is 175 cm³/mol. The number of halogens is 2. The zero-order valence-corrected chi connectivity index (χ0v) is 27.5. The van der Waals surface area contributed by atoms with Crippen molar-refractivity contribution in [1.82, 2.24) is 20.1 Å². The number of nitrogens with two attached hydrogens (primary N) is 1. The Morgan fingerprint density at radius 2 is 1.82 bits per heavy atom. The van der Waals surface area contributed by atoms with Crippen molar-refractivity contribution >= 4 is 52.6 Å². The monoisotopic (exact) mass is 701 g/mol. The van der Waals surface area contributed by atoms with Gasteiger partial charge in [-0.05, 0) is 67.8 Å². The van der Waals surface area contributed by atoms with Gasteiger partial charge in [-0.1, -0.05) is 41.4 Å². The molecule has 3 aliphatic heterocycles. The number of carboxylic acid groups (broad SMARTS) is 1. The number of nitrogens with zero attached hydrogens (tertiary/aromatic N) is 5. The SMILES string of the molecule is C[C@@]1(Cc2ccc(C#N)cc2)C(=O)N(c2cc(Cl)cc(Cl)c2)C2N(C3(C(N)=O)OCC3C(=O)NC3(c4ccccn4)CC3)C=C(C(=O)O)N21. The summed E-state index contributed by atoms with van der Waals surface area (Å²) in [6.45, 7) is 1.38. The number of carbonyl (C=O) groups excluding carboxylic acids is 3. The number of aromatic nitrogens is 1. The summed E-state index contributed by atoms with van der Waals surface area (Å²) in [5.41, 5.74) is 3.12. The molecule has 15 heteroatoms. The second-order valence-corrected chi connectivity index (χ2v) is 13.6. The number of pyridine rings is 1. The molecule has 3 unspecified atom stereocenters. The van der Waals surface area contributed by atoms with Crippen LogP contribution in [0.1, 0.15) is 36.6 Å². The lowest BCUT2D eigenvalue weighted by Gasteiger charge is -2.53. The highest BCUT2D eigenvalue weighted by molar-refractivity contribution is 6.35. The minimum atomic E-state index is -2.19. The highest BCUT2D eigenvalue weighted by Crippen LogP contribution is 2.52. The predicted octanol–water partition coefficient (Wildman–Crippen LogP) is 3.07. The Balaban J connectivity index is 1.34. The van der Waals surface area contributed by atoms with Gasteiger partial charge < -0.3 is 30.7 Å². The average molecular weight is 703 g/mol. The fourth-order valence-corrected chi connectivity index (χ4v) is 7.60. The molecule has 13 nitrogen and oxygen atoms in total. The van der Waals surface area contributed by atoms with Gasteiger partial charge in [0, 0.05) is 28.9 Å². The minimum absolute atomic E-state index is 0.00175. The van der Waals surface area contributed by atoms with Gasteiger partial charge in [0.25, 0.3) is 11.8 Å². The molecule has 1 aromatic heterocycles. The van der Waals surface area contributed by atoms with Crippen molar-refractivity contribution in [3.63, 3.8) is 0 Å². The van der Waals surface area contributed by atoms with Gasteiger partial charge in [0.15, 0.2) is 6.29 Å². The Kier molecular flexibility index (Phi) is 7.59. The molecule has 2 aromatic carbocycles. The van der Waals surface area contributed by atoms with Gasteiger partial charge in [0.05, 0.1) is 35.2 Å². The van der Waals surface area contributed by atoms with Gasteiger partial charge in [0.1, 0.15) is 17.2 Å². The van der Waals surface area contributed by atoms with E-state index in [0.29, 0.717) is 29.7 Å². The first-order chi connectivity index (χ1) is 23.3. The Hall–Kier alpha value is -5.16. The summed E-state index contributed by atoms with van der Waals surface area (Å²) in [5.74, 6) is -4.74. The number of nitriles is 1. The summed E-state index contributed by atoms with van der Waals surface area (Å²) in [7, 11) is 0. The van der Waals surface area contributed by atoms with Crippen molar-refractivity contribution in [3.8, 4) is 6.07 Å². The van der Waals surface area contributed by atoms with Gasteiger partial charge in [-0.2, -0.15) is 5.26 Å². The summed E-state index contributed by atoms with van der Waals surface area (Å²) >= 11 is 12.8. The maximum atomic E-state index is 14.7. The van der Waals surface area contributed by atoms with Gasteiger partial charge in [-0.3, -0.25) is 24.3 Å². The number of ether oxygens (including phenoxy) is 1. The van der Waals surface area contributed by atoms with Crippen LogP contribution in [0, 0.1) is 17.2 Å². The molecule has 3 amide bonds. The molecule has 4 N–H and O–H groups in total. The number of fused-ring (bicyclic) bond motifs is 1. The molecule has 1 saturated carbocycles. The van der Waals surface area contributed by atoms with Crippen LogP contribution in [-0.2, 0) is 35.9 Å². The molecule has 0 spiro atoms. The Morgan fingerprint density at radius 3 is 2.35 bits per heavy atom. The van der Waals surface area contributed by atoms with Gasteiger partial charge in [-0.25, -0.2) is 4.79 Å². The van der Waals surface area contributed by atoms with Crippen LogP contribution < -0.4 is 16.0 Å². The maximum Gasteiger partial charge on any atom is 0.353 e. The van der Waals surface area contributed by atoms with E-state index in [1.165, 1.54) is 39.1 Å². The van der Waals surface area contributed by atoms with Crippen LogP contribution >= 0.6 is 23.2 Å². The van der Waals surface area contributed by atoms with Crippen LogP contribution in [0.25, 0.3) is 0 Å². The molecule has 49 heavy (non-hydrogen) atoms. The van der Waals surface area contributed by atoms with E-state index in [4.69, 9.17) is 33.7 Å². The number of nitrogens with one attached hydrogen (secondary N) is 1. The first-order valence-electron chi connectivity index (χ1n) is 15.3. The lowest BCUT2D eigenvalue weighted by Crippen LogP contribution is -2.75. The highest BCUT2D eigenvalue weighted by atomic mass is 35.5. The van der Waals surface area contributed by atoms with Gasteiger partial charge in [0.2, 0.25) is 11.6 Å². The molecule has 7 rings (SSSR count). The molecular formula is C34H29Cl2N7O6. The molecule has 1 aliphatic carbocycles. The summed E-state index contributed by atoms with van der Waals surface area (Å²) in [4.78, 5) is 63.6. The lowest BCUT2D eigenvalue weighted by atomic mass is 9.86. The number of amides is 3. The molecule has 4 atom stereocenters. The van der Waals surface area contributed by atoms with Crippen molar-refractivity contribution in [2.24, 2.45) is 11.7 Å². The third kappa shape index (κ3) is 4.98. The van der Waals surface area contributed by atoms with E-state index in [0.717, 1.165) is 0 Å². The zero-order chi connectivity index (χ0) is 34.9. The molecule has 3 aromatic rings. The molecule has 2 saturated heterocycles. The standard InChI is InChI=1S/C34H29Cl2N7O6/c1-32(15-19-5-7-20(16-37)8-6-19)30(48)42(23-13-21(35)12-22(36)14-23)31-41(17-25(28(45)46)43(31)32)34(29(38)47)24(18-49-34)27(44)40-33(9-10-33)26-4-2-3-11-39-26/h2-8,11-14,17,24,31H,9-10,15,18H2,1H3,(H2,38,47)(H,40,44)(H,45,46)/t24?,31?,32-,34?/m1/s1. The molecule has 3 fully saturated rings. The topological polar surface area (TPSA) is 182 Å². The van der Waals surface area contributed by atoms with E-state index in [1.54, 1.807) is 49.5 Å². The molecule has 0 radical (unpaired) electrons. The summed E-state index contributed by atoms with van der Waals surface area (Å²) in [5, 5.41) is 23.3. The van der Waals surface area contributed by atoms with Crippen LogP contribution in [-0.4, -0.2) is 67.7 Å².